The normalized spacial score (nSPS) is 10.5. The van der Waals surface area contributed by atoms with Crippen LogP contribution in [0.5, 0.6) is 0 Å². The Morgan fingerprint density at radius 1 is 0.682 bits per heavy atom. The maximum absolute atomic E-state index is 11.3. The molecule has 0 atom stereocenters. The van der Waals surface area contributed by atoms with Gasteiger partial charge in [-0.3, -0.25) is 0 Å². The molecule has 0 bridgehead atoms. The van der Waals surface area contributed by atoms with Crippen LogP contribution in [0.1, 0.15) is 71.6 Å². The number of hydrogen-bond donors (Lipinski definition) is 0. The fourth-order valence-corrected chi connectivity index (χ4v) is 2.06. The number of esters is 2. The molecule has 0 fully saturated rings. The Bertz CT molecular complexity index is 278. The third-order valence-electron chi connectivity index (χ3n) is 3.26. The van der Waals surface area contributed by atoms with Crippen molar-refractivity contribution in [2.24, 2.45) is 0 Å². The van der Waals surface area contributed by atoms with Crippen molar-refractivity contribution in [3.05, 3.63) is 0 Å². The lowest BCUT2D eigenvalue weighted by Crippen LogP contribution is -2.18. The van der Waals surface area contributed by atoms with Crippen LogP contribution in [0.25, 0.3) is 0 Å². The van der Waals surface area contributed by atoms with Crippen LogP contribution in [-0.4, -0.2) is 38.4 Å². The van der Waals surface area contributed by atoms with Crippen molar-refractivity contribution >= 4 is 11.9 Å². The molecule has 5 heteroatoms. The summed E-state index contributed by atoms with van der Waals surface area (Å²) in [6.45, 7) is 4.28. The van der Waals surface area contributed by atoms with Crippen LogP contribution < -0.4 is 0 Å². The summed E-state index contributed by atoms with van der Waals surface area (Å²) in [5.74, 6) is -0.891. The lowest BCUT2D eigenvalue weighted by molar-refractivity contribution is -0.155. The molecule has 0 spiro atoms. The zero-order valence-electron chi connectivity index (χ0n) is 14.2. The summed E-state index contributed by atoms with van der Waals surface area (Å²) in [6.07, 6.45) is 11.1. The number of ether oxygens (including phenoxy) is 3. The summed E-state index contributed by atoms with van der Waals surface area (Å²) in [7, 11) is 0. The zero-order valence-corrected chi connectivity index (χ0v) is 14.2. The van der Waals surface area contributed by atoms with Crippen molar-refractivity contribution in [2.45, 2.75) is 71.6 Å². The molecule has 0 aromatic heterocycles. The Balaban J connectivity index is 3.23. The lowest BCUT2D eigenvalue weighted by Gasteiger charge is -2.06. The first-order valence-electron chi connectivity index (χ1n) is 8.59. The van der Waals surface area contributed by atoms with Crippen molar-refractivity contribution in [2.75, 3.05) is 26.4 Å². The molecule has 0 amide bonds. The third-order valence-corrected chi connectivity index (χ3v) is 3.26. The van der Waals surface area contributed by atoms with Crippen LogP contribution in [0.2, 0.25) is 0 Å². The van der Waals surface area contributed by atoms with Crippen molar-refractivity contribution < 1.29 is 23.8 Å². The quantitative estimate of drug-likeness (QED) is 0.341. The van der Waals surface area contributed by atoms with E-state index < -0.39 is 11.9 Å². The predicted molar refractivity (Wildman–Crippen MR) is 85.6 cm³/mol. The van der Waals surface area contributed by atoms with Gasteiger partial charge in [-0.2, -0.15) is 0 Å². The predicted octanol–water partition coefficient (Wildman–Crippen LogP) is 3.64. The maximum atomic E-state index is 11.3. The van der Waals surface area contributed by atoms with Crippen molar-refractivity contribution in [3.63, 3.8) is 0 Å². The van der Waals surface area contributed by atoms with Gasteiger partial charge in [0.25, 0.3) is 0 Å². The minimum atomic E-state index is -0.464. The number of unbranched alkanes of at least 4 members (excludes halogenated alkanes) is 8. The lowest BCUT2D eigenvalue weighted by atomic mass is 10.1. The van der Waals surface area contributed by atoms with E-state index in [9.17, 15) is 9.59 Å². The summed E-state index contributed by atoms with van der Waals surface area (Å²) in [5, 5.41) is 0. The molecule has 22 heavy (non-hydrogen) atoms. The van der Waals surface area contributed by atoms with Gasteiger partial charge in [0, 0.05) is 0 Å². The van der Waals surface area contributed by atoms with Crippen LogP contribution in [0.15, 0.2) is 0 Å². The second kappa shape index (κ2) is 16.3. The molecule has 0 aromatic rings. The van der Waals surface area contributed by atoms with Crippen LogP contribution in [0, 0.1) is 0 Å². The molecule has 130 valence electrons. The van der Waals surface area contributed by atoms with Crippen LogP contribution in [0.3, 0.4) is 0 Å². The zero-order chi connectivity index (χ0) is 16.5. The van der Waals surface area contributed by atoms with E-state index >= 15 is 0 Å². The van der Waals surface area contributed by atoms with Crippen LogP contribution >= 0.6 is 0 Å². The van der Waals surface area contributed by atoms with Gasteiger partial charge in [0.15, 0.2) is 0 Å². The first-order valence-corrected chi connectivity index (χ1v) is 8.59. The van der Waals surface area contributed by atoms with Gasteiger partial charge in [0.2, 0.25) is 0 Å². The van der Waals surface area contributed by atoms with E-state index in [0.29, 0.717) is 13.2 Å². The minimum Gasteiger partial charge on any atom is -0.464 e. The average Bonchev–Trinajstić information content (AvgIpc) is 2.49. The first-order chi connectivity index (χ1) is 10.7. The number of rotatable bonds is 15. The molecule has 0 heterocycles. The molecule has 0 aliphatic heterocycles. The molecular weight excluding hydrogens is 284 g/mol. The Labute approximate surface area is 134 Å². The molecule has 5 nitrogen and oxygen atoms in total. The van der Waals surface area contributed by atoms with E-state index in [1.165, 1.54) is 44.9 Å². The fraction of sp³-hybridized carbons (Fsp3) is 0.882. The van der Waals surface area contributed by atoms with Gasteiger partial charge < -0.3 is 14.2 Å². The van der Waals surface area contributed by atoms with Gasteiger partial charge in [-0.15, -0.1) is 0 Å². The van der Waals surface area contributed by atoms with Crippen molar-refractivity contribution in [1.82, 2.24) is 0 Å². The second-order valence-electron chi connectivity index (χ2n) is 5.35. The van der Waals surface area contributed by atoms with Gasteiger partial charge >= 0.3 is 11.9 Å². The minimum absolute atomic E-state index is 0.198. The van der Waals surface area contributed by atoms with E-state index in [0.717, 1.165) is 12.8 Å². The third kappa shape index (κ3) is 15.3. The Morgan fingerprint density at radius 3 is 1.73 bits per heavy atom. The molecule has 0 aliphatic carbocycles. The van der Waals surface area contributed by atoms with Crippen molar-refractivity contribution in [1.29, 1.82) is 0 Å². The van der Waals surface area contributed by atoms with Crippen molar-refractivity contribution in [3.8, 4) is 0 Å². The van der Waals surface area contributed by atoms with Crippen LogP contribution in [-0.2, 0) is 23.8 Å². The highest BCUT2D eigenvalue weighted by molar-refractivity contribution is 5.73. The van der Waals surface area contributed by atoms with E-state index in [1.807, 2.05) is 0 Å². The molecule has 0 rings (SSSR count). The van der Waals surface area contributed by atoms with Crippen LogP contribution in [0.4, 0.5) is 0 Å². The highest BCUT2D eigenvalue weighted by Crippen LogP contribution is 2.09. The molecule has 0 aliphatic rings. The molecule has 0 radical (unpaired) electrons. The Hall–Kier alpha value is -1.10. The summed E-state index contributed by atoms with van der Waals surface area (Å²) < 4.78 is 14.6. The number of carbonyl (C=O) groups excluding carboxylic acids is 2. The molecule has 0 N–H and O–H groups in total. The molecule has 0 unspecified atom stereocenters. The molecule has 0 saturated carbocycles. The summed E-state index contributed by atoms with van der Waals surface area (Å²) in [5.41, 5.74) is 0. The Morgan fingerprint density at radius 2 is 1.18 bits per heavy atom. The largest absolute Gasteiger partial charge is 0.464 e. The van der Waals surface area contributed by atoms with Gasteiger partial charge in [0.1, 0.15) is 13.2 Å². The first kappa shape index (κ1) is 20.9. The van der Waals surface area contributed by atoms with E-state index in [1.54, 1.807) is 6.92 Å². The SMILES string of the molecule is CCCCCCCCCCCOC(=O)COCC(=O)OCC. The highest BCUT2D eigenvalue weighted by atomic mass is 16.6. The molecule has 0 saturated heterocycles. The standard InChI is InChI=1S/C17H32O5/c1-3-5-6-7-8-9-10-11-12-13-22-17(19)15-20-14-16(18)21-4-2/h3-15H2,1-2H3. The van der Waals surface area contributed by atoms with E-state index in [2.05, 4.69) is 11.7 Å². The number of hydrogen-bond acceptors (Lipinski definition) is 5. The summed E-state index contributed by atoms with van der Waals surface area (Å²) in [4.78, 5) is 22.3. The van der Waals surface area contributed by atoms with Gasteiger partial charge in [-0.05, 0) is 13.3 Å². The van der Waals surface area contributed by atoms with Gasteiger partial charge in [-0.1, -0.05) is 58.3 Å². The Kier molecular flexibility index (Phi) is 15.5. The monoisotopic (exact) mass is 316 g/mol. The summed E-state index contributed by atoms with van der Waals surface area (Å²) in [6, 6.07) is 0. The fourth-order valence-electron chi connectivity index (χ4n) is 2.06. The van der Waals surface area contributed by atoms with E-state index in [4.69, 9.17) is 9.47 Å². The average molecular weight is 316 g/mol. The highest BCUT2D eigenvalue weighted by Gasteiger charge is 2.06. The topological polar surface area (TPSA) is 61.8 Å². The van der Waals surface area contributed by atoms with Gasteiger partial charge in [0.05, 0.1) is 13.2 Å². The summed E-state index contributed by atoms with van der Waals surface area (Å²) >= 11 is 0. The second-order valence-corrected chi connectivity index (χ2v) is 5.35. The number of carbonyl (C=O) groups is 2. The smallest absolute Gasteiger partial charge is 0.332 e. The van der Waals surface area contributed by atoms with E-state index in [-0.39, 0.29) is 13.2 Å². The maximum Gasteiger partial charge on any atom is 0.332 e. The molecular formula is C17H32O5. The van der Waals surface area contributed by atoms with Gasteiger partial charge in [-0.25, -0.2) is 9.59 Å². The molecule has 0 aromatic carbocycles.